The molecule has 0 saturated heterocycles. The molecular weight excluding hydrogens is 425 g/mol. The van der Waals surface area contributed by atoms with Gasteiger partial charge in [-0.05, 0) is 55.8 Å². The molecule has 0 radical (unpaired) electrons. The molecule has 4 heteroatoms. The van der Waals surface area contributed by atoms with Crippen LogP contribution in [0.5, 0.6) is 0 Å². The zero-order chi connectivity index (χ0) is 18.3. The van der Waals surface area contributed by atoms with E-state index in [-0.39, 0.29) is 16.7 Å². The minimum atomic E-state index is -0.299. The first kappa shape index (κ1) is 19.4. The van der Waals surface area contributed by atoms with Crippen LogP contribution in [0.2, 0.25) is 0 Å². The van der Waals surface area contributed by atoms with Crippen LogP contribution in [0.3, 0.4) is 0 Å². The number of fused-ring (bicyclic) bond motifs is 3. The van der Waals surface area contributed by atoms with Gasteiger partial charge in [-0.15, -0.1) is 0 Å². The summed E-state index contributed by atoms with van der Waals surface area (Å²) in [5.41, 5.74) is 1.53. The Bertz CT molecular complexity index is 584. The van der Waals surface area contributed by atoms with Gasteiger partial charge in [0.2, 0.25) is 5.91 Å². The normalized spacial score (nSPS) is 43.4. The largest absolute Gasteiger partial charge is 0.355 e. The Hall–Kier alpha value is -0.390. The fourth-order valence-electron chi connectivity index (χ4n) is 6.10. The van der Waals surface area contributed by atoms with Crippen LogP contribution in [0.4, 0.5) is 0 Å². The van der Waals surface area contributed by atoms with Crippen LogP contribution in [0.25, 0.3) is 0 Å². The van der Waals surface area contributed by atoms with Crippen LogP contribution in [-0.4, -0.2) is 22.2 Å². The van der Waals surface area contributed by atoms with Gasteiger partial charge in [0.1, 0.15) is 6.29 Å². The van der Waals surface area contributed by atoms with Crippen LogP contribution in [0, 0.1) is 22.7 Å². The molecule has 3 rings (SSSR count). The van der Waals surface area contributed by atoms with E-state index in [9.17, 15) is 9.59 Å². The maximum absolute atomic E-state index is 13.0. The van der Waals surface area contributed by atoms with Crippen molar-refractivity contribution >= 4 is 34.8 Å². The van der Waals surface area contributed by atoms with Crippen molar-refractivity contribution in [2.45, 2.75) is 75.6 Å². The quantitative estimate of drug-likeness (QED) is 0.216. The van der Waals surface area contributed by atoms with E-state index in [0.717, 1.165) is 32.0 Å². The zero-order valence-electron chi connectivity index (χ0n) is 15.9. The molecule has 0 aromatic heterocycles. The van der Waals surface area contributed by atoms with E-state index in [0.29, 0.717) is 28.2 Å². The molecule has 2 saturated carbocycles. The predicted molar refractivity (Wildman–Crippen MR) is 110 cm³/mol. The van der Waals surface area contributed by atoms with Gasteiger partial charge in [-0.3, -0.25) is 4.79 Å². The van der Waals surface area contributed by atoms with Crippen molar-refractivity contribution in [1.82, 2.24) is 5.32 Å². The monoisotopic (exact) mass is 457 g/mol. The van der Waals surface area contributed by atoms with E-state index in [2.05, 4.69) is 54.8 Å². The standard InChI is InChI=1S/C21H32INO2/c1-19(22)11-8-16-15(14-19)6-7-17-20(16,2)9-4-10-21(17,3)18(25)23-12-5-13-24/h8,13,15,17H,4-7,9-12,14H2,1-3H3,(H,23,25)/t15?,17?,19-,20-,21+/m0/s1. The summed E-state index contributed by atoms with van der Waals surface area (Å²) < 4.78 is 0.388. The summed E-state index contributed by atoms with van der Waals surface area (Å²) in [6, 6.07) is 0. The fourth-order valence-corrected chi connectivity index (χ4v) is 6.85. The Labute approximate surface area is 165 Å². The van der Waals surface area contributed by atoms with Crippen LogP contribution in [0.1, 0.15) is 72.1 Å². The molecule has 3 aliphatic rings. The highest BCUT2D eigenvalue weighted by atomic mass is 127. The first-order valence-corrected chi connectivity index (χ1v) is 10.9. The van der Waals surface area contributed by atoms with Crippen molar-refractivity contribution < 1.29 is 9.59 Å². The molecule has 0 bridgehead atoms. The molecule has 140 valence electrons. The highest BCUT2D eigenvalue weighted by molar-refractivity contribution is 14.1. The third kappa shape index (κ3) is 3.44. The number of nitrogens with one attached hydrogen (secondary N) is 1. The number of carbonyl (C=O) groups is 2. The van der Waals surface area contributed by atoms with E-state index in [1.165, 1.54) is 19.3 Å². The Kier molecular flexibility index (Phi) is 5.40. The van der Waals surface area contributed by atoms with Gasteiger partial charge in [0, 0.05) is 21.8 Å². The molecule has 2 fully saturated rings. The molecule has 25 heavy (non-hydrogen) atoms. The number of rotatable bonds is 4. The fraction of sp³-hybridized carbons (Fsp3) is 0.810. The Balaban J connectivity index is 1.86. The lowest BCUT2D eigenvalue weighted by Crippen LogP contribution is -2.55. The Morgan fingerprint density at radius 2 is 2.08 bits per heavy atom. The van der Waals surface area contributed by atoms with Crippen LogP contribution >= 0.6 is 22.6 Å². The van der Waals surface area contributed by atoms with Crippen LogP contribution in [0.15, 0.2) is 11.6 Å². The molecule has 3 aliphatic carbocycles. The summed E-state index contributed by atoms with van der Waals surface area (Å²) in [7, 11) is 0. The summed E-state index contributed by atoms with van der Waals surface area (Å²) in [5, 5.41) is 3.04. The third-order valence-corrected chi connectivity index (χ3v) is 8.20. The second kappa shape index (κ2) is 6.97. The van der Waals surface area contributed by atoms with E-state index in [1.54, 1.807) is 5.57 Å². The van der Waals surface area contributed by atoms with Crippen molar-refractivity contribution in [2.24, 2.45) is 22.7 Å². The lowest BCUT2D eigenvalue weighted by Gasteiger charge is -2.58. The summed E-state index contributed by atoms with van der Waals surface area (Å²) in [5.74, 6) is 1.29. The van der Waals surface area contributed by atoms with Gasteiger partial charge in [0.25, 0.3) is 0 Å². The number of aldehydes is 1. The highest BCUT2D eigenvalue weighted by Gasteiger charge is 2.57. The van der Waals surface area contributed by atoms with Crippen molar-refractivity contribution in [3.63, 3.8) is 0 Å². The maximum Gasteiger partial charge on any atom is 0.226 e. The zero-order valence-corrected chi connectivity index (χ0v) is 18.0. The van der Waals surface area contributed by atoms with Crippen molar-refractivity contribution in [3.05, 3.63) is 11.6 Å². The summed E-state index contributed by atoms with van der Waals surface area (Å²) >= 11 is 2.63. The van der Waals surface area contributed by atoms with Gasteiger partial charge < -0.3 is 10.1 Å². The van der Waals surface area contributed by atoms with Gasteiger partial charge >= 0.3 is 0 Å². The van der Waals surface area contributed by atoms with Gasteiger partial charge in [0.05, 0.1) is 0 Å². The topological polar surface area (TPSA) is 46.2 Å². The Morgan fingerprint density at radius 1 is 1.32 bits per heavy atom. The number of carbonyl (C=O) groups excluding carboxylic acids is 2. The van der Waals surface area contributed by atoms with Gasteiger partial charge in [-0.25, -0.2) is 0 Å². The lowest BCUT2D eigenvalue weighted by atomic mass is 9.46. The second-order valence-corrected chi connectivity index (χ2v) is 11.8. The average Bonchev–Trinajstić information content (AvgIpc) is 2.53. The summed E-state index contributed by atoms with van der Waals surface area (Å²) in [4.78, 5) is 23.6. The molecule has 1 N–H and O–H groups in total. The van der Waals surface area contributed by atoms with Crippen LogP contribution in [-0.2, 0) is 9.59 Å². The summed E-state index contributed by atoms with van der Waals surface area (Å²) in [6.07, 6.45) is 12.0. The first-order chi connectivity index (χ1) is 11.7. The molecule has 5 atom stereocenters. The van der Waals surface area contributed by atoms with Crippen molar-refractivity contribution in [2.75, 3.05) is 6.54 Å². The summed E-state index contributed by atoms with van der Waals surface area (Å²) in [6.45, 7) is 7.46. The predicted octanol–water partition coefficient (Wildman–Crippen LogP) is 4.83. The molecule has 0 heterocycles. The SMILES string of the molecule is C[C@]1(I)CC=C2C(CCC3[C@](C)(C(=O)NCCC=O)CCC[C@@]23C)C1. The molecule has 1 amide bonds. The van der Waals surface area contributed by atoms with Gasteiger partial charge in [-0.2, -0.15) is 0 Å². The number of hydrogen-bond acceptors (Lipinski definition) is 2. The smallest absolute Gasteiger partial charge is 0.226 e. The van der Waals surface area contributed by atoms with Crippen molar-refractivity contribution in [1.29, 1.82) is 0 Å². The van der Waals surface area contributed by atoms with Crippen molar-refractivity contribution in [3.8, 4) is 0 Å². The number of alkyl halides is 1. The van der Waals surface area contributed by atoms with Gasteiger partial charge in [0.15, 0.2) is 0 Å². The minimum Gasteiger partial charge on any atom is -0.355 e. The van der Waals surface area contributed by atoms with Gasteiger partial charge in [-0.1, -0.05) is 61.4 Å². The number of amides is 1. The second-order valence-electron chi connectivity index (χ2n) is 9.21. The Morgan fingerprint density at radius 3 is 2.80 bits per heavy atom. The molecular formula is C21H32INO2. The molecule has 2 unspecified atom stereocenters. The number of hydrogen-bond donors (Lipinski definition) is 1. The molecule has 3 nitrogen and oxygen atoms in total. The maximum atomic E-state index is 13.0. The molecule has 0 aromatic carbocycles. The van der Waals surface area contributed by atoms with E-state index >= 15 is 0 Å². The number of allylic oxidation sites excluding steroid dienone is 2. The van der Waals surface area contributed by atoms with E-state index in [1.807, 2.05) is 0 Å². The number of halogens is 1. The lowest BCUT2D eigenvalue weighted by molar-refractivity contribution is -0.142. The first-order valence-electron chi connectivity index (χ1n) is 9.84. The average molecular weight is 457 g/mol. The minimum absolute atomic E-state index is 0.166. The highest BCUT2D eigenvalue weighted by Crippen LogP contribution is 2.63. The van der Waals surface area contributed by atoms with E-state index < -0.39 is 0 Å². The van der Waals surface area contributed by atoms with Crippen LogP contribution < -0.4 is 5.32 Å². The molecule has 0 aromatic rings. The molecule has 0 aliphatic heterocycles. The molecule has 0 spiro atoms. The third-order valence-electron chi connectivity index (χ3n) is 7.32. The van der Waals surface area contributed by atoms with E-state index in [4.69, 9.17) is 0 Å².